The van der Waals surface area contributed by atoms with Crippen molar-refractivity contribution >= 4 is 11.7 Å². The van der Waals surface area contributed by atoms with Gasteiger partial charge in [0.2, 0.25) is 5.91 Å². The summed E-state index contributed by atoms with van der Waals surface area (Å²) >= 11 is 0. The van der Waals surface area contributed by atoms with Crippen LogP contribution in [-0.4, -0.2) is 43.8 Å². The van der Waals surface area contributed by atoms with E-state index in [1.807, 2.05) is 11.9 Å². The Morgan fingerprint density at radius 3 is 2.54 bits per heavy atom. The van der Waals surface area contributed by atoms with Crippen molar-refractivity contribution in [3.05, 3.63) is 12.2 Å². The number of ketones is 1. The van der Waals surface area contributed by atoms with Crippen LogP contribution in [0.15, 0.2) is 12.2 Å². The predicted molar refractivity (Wildman–Crippen MR) is 51.4 cm³/mol. The second-order valence-electron chi connectivity index (χ2n) is 2.88. The number of carbonyl (C=O) groups excluding carboxylic acids is 2. The predicted octanol–water partition coefficient (Wildman–Crippen LogP) is -0.191. The Balaban J connectivity index is 3.68. The second-order valence-corrected chi connectivity index (χ2v) is 2.88. The molecule has 0 saturated heterocycles. The van der Waals surface area contributed by atoms with Gasteiger partial charge in [-0.05, 0) is 20.0 Å². The molecule has 1 amide bonds. The van der Waals surface area contributed by atoms with Gasteiger partial charge in [-0.3, -0.25) is 14.5 Å². The van der Waals surface area contributed by atoms with Gasteiger partial charge in [0.25, 0.3) is 0 Å². The molecule has 0 bridgehead atoms. The minimum Gasteiger partial charge on any atom is -0.358 e. The monoisotopic (exact) mass is 184 g/mol. The van der Waals surface area contributed by atoms with Crippen LogP contribution in [0.3, 0.4) is 0 Å². The zero-order chi connectivity index (χ0) is 10.3. The van der Waals surface area contributed by atoms with Gasteiger partial charge < -0.3 is 5.32 Å². The van der Waals surface area contributed by atoms with Gasteiger partial charge in [-0.1, -0.05) is 6.08 Å². The smallest absolute Gasteiger partial charge is 0.233 e. The summed E-state index contributed by atoms with van der Waals surface area (Å²) in [7, 11) is 3.42. The van der Waals surface area contributed by atoms with Crippen molar-refractivity contribution in [1.82, 2.24) is 10.2 Å². The molecule has 0 fully saturated rings. The van der Waals surface area contributed by atoms with Gasteiger partial charge in [-0.2, -0.15) is 0 Å². The summed E-state index contributed by atoms with van der Waals surface area (Å²) in [6.07, 6.45) is 3.24. The highest BCUT2D eigenvalue weighted by Gasteiger charge is 2.01. The topological polar surface area (TPSA) is 49.4 Å². The average molecular weight is 184 g/mol. The highest BCUT2D eigenvalue weighted by molar-refractivity contribution is 5.87. The van der Waals surface area contributed by atoms with Gasteiger partial charge in [0.15, 0.2) is 5.78 Å². The molecule has 1 N–H and O–H groups in total. The Hall–Kier alpha value is -1.16. The number of likely N-dealkylation sites (N-methyl/N-ethyl adjacent to an activating group) is 2. The first-order valence-corrected chi connectivity index (χ1v) is 4.12. The molecule has 0 heterocycles. The quantitative estimate of drug-likeness (QED) is 0.602. The maximum atomic E-state index is 10.9. The van der Waals surface area contributed by atoms with Crippen molar-refractivity contribution < 1.29 is 9.59 Å². The number of allylic oxidation sites excluding steroid dienone is 1. The first-order valence-electron chi connectivity index (χ1n) is 4.12. The summed E-state index contributed by atoms with van der Waals surface area (Å²) in [5.74, 6) is -0.00734. The van der Waals surface area contributed by atoms with Crippen molar-refractivity contribution in [3.8, 4) is 0 Å². The molecule has 0 rings (SSSR count). The van der Waals surface area contributed by atoms with E-state index in [4.69, 9.17) is 0 Å². The molecule has 0 spiro atoms. The van der Waals surface area contributed by atoms with Gasteiger partial charge in [-0.15, -0.1) is 0 Å². The lowest BCUT2D eigenvalue weighted by Gasteiger charge is -2.12. The van der Waals surface area contributed by atoms with Gasteiger partial charge in [-0.25, -0.2) is 0 Å². The molecule has 0 aliphatic heterocycles. The third-order valence-corrected chi connectivity index (χ3v) is 1.46. The minimum atomic E-state index is -0.0290. The summed E-state index contributed by atoms with van der Waals surface area (Å²) in [5, 5.41) is 2.52. The third kappa shape index (κ3) is 7.21. The van der Waals surface area contributed by atoms with Crippen molar-refractivity contribution in [1.29, 1.82) is 0 Å². The highest BCUT2D eigenvalue weighted by Crippen LogP contribution is 1.84. The molecule has 0 aromatic rings. The van der Waals surface area contributed by atoms with E-state index in [2.05, 4.69) is 5.32 Å². The minimum absolute atomic E-state index is 0.0216. The summed E-state index contributed by atoms with van der Waals surface area (Å²) in [5.41, 5.74) is 0. The van der Waals surface area contributed by atoms with Crippen LogP contribution in [0.25, 0.3) is 0 Å². The van der Waals surface area contributed by atoms with Crippen LogP contribution < -0.4 is 5.32 Å². The number of nitrogens with zero attached hydrogens (tertiary/aromatic N) is 1. The van der Waals surface area contributed by atoms with E-state index in [0.29, 0.717) is 13.1 Å². The van der Waals surface area contributed by atoms with Crippen LogP contribution >= 0.6 is 0 Å². The number of hydrogen-bond donors (Lipinski definition) is 1. The van der Waals surface area contributed by atoms with E-state index in [1.54, 1.807) is 13.1 Å². The molecule has 0 unspecified atom stereocenters. The molecule has 0 saturated carbocycles. The van der Waals surface area contributed by atoms with Gasteiger partial charge in [0, 0.05) is 13.6 Å². The fourth-order valence-electron chi connectivity index (χ4n) is 0.787. The van der Waals surface area contributed by atoms with Crippen LogP contribution in [0, 0.1) is 0 Å². The number of carbonyl (C=O) groups is 2. The summed E-state index contributed by atoms with van der Waals surface area (Å²) < 4.78 is 0. The zero-order valence-corrected chi connectivity index (χ0v) is 8.33. The van der Waals surface area contributed by atoms with E-state index in [9.17, 15) is 9.59 Å². The summed E-state index contributed by atoms with van der Waals surface area (Å²) in [6, 6.07) is 0. The first-order chi connectivity index (χ1) is 6.06. The average Bonchev–Trinajstić information content (AvgIpc) is 2.03. The number of amides is 1. The zero-order valence-electron chi connectivity index (χ0n) is 8.33. The molecule has 0 atom stereocenters. The maximum Gasteiger partial charge on any atom is 0.233 e. The lowest BCUT2D eigenvalue weighted by Crippen LogP contribution is -2.33. The molecule has 0 aliphatic rings. The van der Waals surface area contributed by atoms with Crippen molar-refractivity contribution in [3.63, 3.8) is 0 Å². The molecule has 0 radical (unpaired) electrons. The van der Waals surface area contributed by atoms with Crippen LogP contribution in [0.1, 0.15) is 6.92 Å². The van der Waals surface area contributed by atoms with E-state index < -0.39 is 0 Å². The molecule has 0 aromatic heterocycles. The molecule has 74 valence electrons. The molecular weight excluding hydrogens is 168 g/mol. The lowest BCUT2D eigenvalue weighted by molar-refractivity contribution is -0.121. The molecule has 13 heavy (non-hydrogen) atoms. The Bertz CT molecular complexity index is 212. The largest absolute Gasteiger partial charge is 0.358 e. The van der Waals surface area contributed by atoms with Gasteiger partial charge >= 0.3 is 0 Å². The van der Waals surface area contributed by atoms with Crippen LogP contribution in [-0.2, 0) is 9.59 Å². The van der Waals surface area contributed by atoms with Crippen molar-refractivity contribution in [2.75, 3.05) is 27.2 Å². The third-order valence-electron chi connectivity index (χ3n) is 1.46. The Morgan fingerprint density at radius 1 is 1.46 bits per heavy atom. The fraction of sp³-hybridized carbons (Fsp3) is 0.556. The van der Waals surface area contributed by atoms with E-state index >= 15 is 0 Å². The maximum absolute atomic E-state index is 10.9. The molecule has 0 aliphatic carbocycles. The van der Waals surface area contributed by atoms with E-state index in [0.717, 1.165) is 0 Å². The molecular formula is C9H16N2O2. The number of rotatable bonds is 5. The van der Waals surface area contributed by atoms with Gasteiger partial charge in [0.1, 0.15) is 0 Å². The molecule has 0 aromatic carbocycles. The Labute approximate surface area is 78.6 Å². The summed E-state index contributed by atoms with van der Waals surface area (Å²) in [6.45, 7) is 2.45. The molecule has 4 heteroatoms. The standard InChI is InChI=1S/C9H16N2O2/c1-8(12)5-4-6-11(3)7-9(13)10-2/h4-5H,6-7H2,1-3H3,(H,10,13)/b5-4+. The number of nitrogens with one attached hydrogen (secondary N) is 1. The van der Waals surface area contributed by atoms with Crippen LogP contribution in [0.5, 0.6) is 0 Å². The SMILES string of the molecule is CNC(=O)CN(C)C/C=C/C(C)=O. The fourth-order valence-corrected chi connectivity index (χ4v) is 0.787. The van der Waals surface area contributed by atoms with Crippen molar-refractivity contribution in [2.45, 2.75) is 6.92 Å². The van der Waals surface area contributed by atoms with Gasteiger partial charge in [0.05, 0.1) is 6.54 Å². The molecule has 4 nitrogen and oxygen atoms in total. The highest BCUT2D eigenvalue weighted by atomic mass is 16.2. The van der Waals surface area contributed by atoms with E-state index in [1.165, 1.54) is 13.0 Å². The lowest BCUT2D eigenvalue weighted by atomic mass is 10.3. The first kappa shape index (κ1) is 11.8. The van der Waals surface area contributed by atoms with E-state index in [-0.39, 0.29) is 11.7 Å². The van der Waals surface area contributed by atoms with Crippen LogP contribution in [0.2, 0.25) is 0 Å². The second kappa shape index (κ2) is 6.37. The normalized spacial score (nSPS) is 10.8. The van der Waals surface area contributed by atoms with Crippen molar-refractivity contribution in [2.24, 2.45) is 0 Å². The summed E-state index contributed by atoms with van der Waals surface area (Å²) in [4.78, 5) is 23.2. The van der Waals surface area contributed by atoms with Crippen LogP contribution in [0.4, 0.5) is 0 Å². The Morgan fingerprint density at radius 2 is 2.08 bits per heavy atom. The Kier molecular flexibility index (Phi) is 5.80. The number of hydrogen-bond acceptors (Lipinski definition) is 3.